The number of halogens is 3. The van der Waals surface area contributed by atoms with Crippen LogP contribution in [0.2, 0.25) is 0 Å². The second-order valence-corrected chi connectivity index (χ2v) is 6.33. The van der Waals surface area contributed by atoms with E-state index in [4.69, 9.17) is 10.5 Å². The maximum absolute atomic E-state index is 13.7. The summed E-state index contributed by atoms with van der Waals surface area (Å²) in [6, 6.07) is 10.2. The van der Waals surface area contributed by atoms with E-state index in [1.807, 2.05) is 25.1 Å². The molecule has 2 N–H and O–H groups in total. The highest BCUT2D eigenvalue weighted by atomic mass is 79.9. The van der Waals surface area contributed by atoms with Crippen LogP contribution in [0.5, 0.6) is 5.75 Å². The average Bonchev–Trinajstić information content (AvgIpc) is 2.40. The molecule has 2 aromatic carbocycles. The lowest BCUT2D eigenvalue weighted by Crippen LogP contribution is -2.08. The topological polar surface area (TPSA) is 35.2 Å². The Morgan fingerprint density at radius 2 is 1.80 bits per heavy atom. The molecule has 106 valence electrons. The van der Waals surface area contributed by atoms with Gasteiger partial charge in [-0.3, -0.25) is 0 Å². The van der Waals surface area contributed by atoms with Gasteiger partial charge in [-0.1, -0.05) is 31.9 Å². The van der Waals surface area contributed by atoms with Crippen molar-refractivity contribution in [2.24, 2.45) is 5.73 Å². The highest BCUT2D eigenvalue weighted by molar-refractivity contribution is 9.10. The number of ether oxygens (including phenoxy) is 1. The predicted molar refractivity (Wildman–Crippen MR) is 85.2 cm³/mol. The number of hydrogen-bond donors (Lipinski definition) is 1. The Bertz CT molecular complexity index is 617. The third-order valence-electron chi connectivity index (χ3n) is 2.85. The van der Waals surface area contributed by atoms with Crippen molar-refractivity contribution >= 4 is 31.9 Å². The zero-order valence-electron chi connectivity index (χ0n) is 10.9. The monoisotopic (exact) mass is 401 g/mol. The van der Waals surface area contributed by atoms with Gasteiger partial charge in [0.25, 0.3) is 0 Å². The smallest absolute Gasteiger partial charge is 0.129 e. The second-order valence-electron chi connectivity index (χ2n) is 4.50. The first-order valence-electron chi connectivity index (χ1n) is 6.09. The zero-order valence-corrected chi connectivity index (χ0v) is 14.0. The molecule has 2 nitrogen and oxygen atoms in total. The summed E-state index contributed by atoms with van der Waals surface area (Å²) in [5, 5.41) is 0. The van der Waals surface area contributed by atoms with Crippen LogP contribution in [0.15, 0.2) is 45.3 Å². The van der Waals surface area contributed by atoms with Crippen LogP contribution in [0.4, 0.5) is 4.39 Å². The molecule has 0 spiro atoms. The van der Waals surface area contributed by atoms with Crippen molar-refractivity contribution in [1.29, 1.82) is 0 Å². The maximum atomic E-state index is 13.7. The molecule has 20 heavy (non-hydrogen) atoms. The highest BCUT2D eigenvalue weighted by Crippen LogP contribution is 2.28. The third-order valence-corrected chi connectivity index (χ3v) is 3.84. The molecule has 1 unspecified atom stereocenters. The van der Waals surface area contributed by atoms with Crippen LogP contribution in [0.1, 0.15) is 24.1 Å². The molecule has 0 heterocycles. The zero-order chi connectivity index (χ0) is 14.7. The summed E-state index contributed by atoms with van der Waals surface area (Å²) in [4.78, 5) is 0. The fourth-order valence-electron chi connectivity index (χ4n) is 1.82. The molecule has 1 atom stereocenters. The first-order chi connectivity index (χ1) is 9.47. The van der Waals surface area contributed by atoms with Crippen LogP contribution >= 0.6 is 31.9 Å². The molecule has 2 aromatic rings. The van der Waals surface area contributed by atoms with Crippen LogP contribution in [0, 0.1) is 5.82 Å². The lowest BCUT2D eigenvalue weighted by Gasteiger charge is -2.15. The van der Waals surface area contributed by atoms with Crippen LogP contribution in [0.25, 0.3) is 0 Å². The van der Waals surface area contributed by atoms with E-state index in [0.717, 1.165) is 14.5 Å². The molecule has 0 saturated carbocycles. The van der Waals surface area contributed by atoms with Crippen LogP contribution in [-0.4, -0.2) is 0 Å². The standard InChI is InChI=1S/C15H14Br2FNO/c1-9(19)13-7-12(17)3-5-15(13)20-8-10-6-11(16)2-4-14(10)18/h2-7,9H,8,19H2,1H3. The van der Waals surface area contributed by atoms with Crippen molar-refractivity contribution in [2.45, 2.75) is 19.6 Å². The van der Waals surface area contributed by atoms with Gasteiger partial charge in [-0.2, -0.15) is 0 Å². The summed E-state index contributed by atoms with van der Waals surface area (Å²) in [6.45, 7) is 2.04. The summed E-state index contributed by atoms with van der Waals surface area (Å²) in [5.41, 5.74) is 7.31. The first-order valence-corrected chi connectivity index (χ1v) is 7.67. The summed E-state index contributed by atoms with van der Waals surface area (Å²) in [7, 11) is 0. The summed E-state index contributed by atoms with van der Waals surface area (Å²) in [6.07, 6.45) is 0. The van der Waals surface area contributed by atoms with Gasteiger partial charge in [-0.25, -0.2) is 4.39 Å². The highest BCUT2D eigenvalue weighted by Gasteiger charge is 2.10. The molecular weight excluding hydrogens is 389 g/mol. The van der Waals surface area contributed by atoms with Gasteiger partial charge in [0.2, 0.25) is 0 Å². The predicted octanol–water partition coefficient (Wildman–Crippen LogP) is 4.95. The van der Waals surface area contributed by atoms with Crippen molar-refractivity contribution in [2.75, 3.05) is 0 Å². The number of hydrogen-bond acceptors (Lipinski definition) is 2. The van der Waals surface area contributed by atoms with E-state index in [-0.39, 0.29) is 18.5 Å². The summed E-state index contributed by atoms with van der Waals surface area (Å²) < 4.78 is 21.1. The Kier molecular flexibility index (Phi) is 5.18. The minimum atomic E-state index is -0.285. The van der Waals surface area contributed by atoms with Crippen LogP contribution < -0.4 is 10.5 Å². The van der Waals surface area contributed by atoms with Gasteiger partial charge in [0.05, 0.1) is 0 Å². The lowest BCUT2D eigenvalue weighted by atomic mass is 10.1. The minimum Gasteiger partial charge on any atom is -0.488 e. The van der Waals surface area contributed by atoms with E-state index in [0.29, 0.717) is 11.3 Å². The molecular formula is C15H14Br2FNO. The minimum absolute atomic E-state index is 0.158. The maximum Gasteiger partial charge on any atom is 0.129 e. The van der Waals surface area contributed by atoms with Crippen LogP contribution in [0.3, 0.4) is 0 Å². The second kappa shape index (κ2) is 6.70. The molecule has 0 bridgehead atoms. The Labute approximate surface area is 134 Å². The SMILES string of the molecule is CC(N)c1cc(Br)ccc1OCc1cc(Br)ccc1F. The molecule has 0 fully saturated rings. The van der Waals surface area contributed by atoms with E-state index < -0.39 is 0 Å². The van der Waals surface area contributed by atoms with Crippen molar-refractivity contribution < 1.29 is 9.13 Å². The Morgan fingerprint density at radius 1 is 1.15 bits per heavy atom. The summed E-state index contributed by atoms with van der Waals surface area (Å²) >= 11 is 6.73. The van der Waals surface area contributed by atoms with E-state index in [2.05, 4.69) is 31.9 Å². The van der Waals surface area contributed by atoms with Crippen molar-refractivity contribution in [3.8, 4) is 5.75 Å². The lowest BCUT2D eigenvalue weighted by molar-refractivity contribution is 0.295. The number of nitrogens with two attached hydrogens (primary N) is 1. The van der Waals surface area contributed by atoms with E-state index in [9.17, 15) is 4.39 Å². The normalized spacial score (nSPS) is 12.2. The Morgan fingerprint density at radius 3 is 2.50 bits per heavy atom. The quantitative estimate of drug-likeness (QED) is 0.785. The molecule has 0 aromatic heterocycles. The molecule has 0 amide bonds. The van der Waals surface area contributed by atoms with Gasteiger partial charge in [0, 0.05) is 26.1 Å². The third kappa shape index (κ3) is 3.81. The van der Waals surface area contributed by atoms with Gasteiger partial charge < -0.3 is 10.5 Å². The molecule has 2 rings (SSSR count). The van der Waals surface area contributed by atoms with Crippen molar-refractivity contribution in [1.82, 2.24) is 0 Å². The fraction of sp³-hybridized carbons (Fsp3) is 0.200. The Balaban J connectivity index is 2.20. The van der Waals surface area contributed by atoms with Gasteiger partial charge in [0.1, 0.15) is 18.2 Å². The summed E-state index contributed by atoms with van der Waals surface area (Å²) in [5.74, 6) is 0.384. The molecule has 5 heteroatoms. The van der Waals surface area contributed by atoms with Gasteiger partial charge >= 0.3 is 0 Å². The molecule has 0 radical (unpaired) electrons. The van der Waals surface area contributed by atoms with Gasteiger partial charge in [-0.05, 0) is 43.3 Å². The van der Waals surface area contributed by atoms with Gasteiger partial charge in [0.15, 0.2) is 0 Å². The fourth-order valence-corrected chi connectivity index (χ4v) is 2.60. The molecule has 0 saturated heterocycles. The number of benzene rings is 2. The van der Waals surface area contributed by atoms with E-state index in [1.165, 1.54) is 6.07 Å². The average molecular weight is 403 g/mol. The van der Waals surface area contributed by atoms with E-state index >= 15 is 0 Å². The van der Waals surface area contributed by atoms with Crippen molar-refractivity contribution in [3.63, 3.8) is 0 Å². The largest absolute Gasteiger partial charge is 0.488 e. The molecule has 0 aliphatic carbocycles. The van der Waals surface area contributed by atoms with Crippen LogP contribution in [-0.2, 0) is 6.61 Å². The number of rotatable bonds is 4. The first kappa shape index (κ1) is 15.5. The molecule has 0 aliphatic heterocycles. The Hall–Kier alpha value is -0.910. The van der Waals surface area contributed by atoms with Gasteiger partial charge in [-0.15, -0.1) is 0 Å². The molecule has 0 aliphatic rings. The van der Waals surface area contributed by atoms with E-state index in [1.54, 1.807) is 12.1 Å². The van der Waals surface area contributed by atoms with Crippen molar-refractivity contribution in [3.05, 3.63) is 62.3 Å².